The summed E-state index contributed by atoms with van der Waals surface area (Å²) in [5.41, 5.74) is 4.79. The highest BCUT2D eigenvalue weighted by Crippen LogP contribution is 2.30. The quantitative estimate of drug-likeness (QED) is 0.377. The fraction of sp³-hybridized carbons (Fsp3) is 0.0800. The third-order valence-corrected chi connectivity index (χ3v) is 6.06. The van der Waals surface area contributed by atoms with Gasteiger partial charge in [0, 0.05) is 22.7 Å². The summed E-state index contributed by atoms with van der Waals surface area (Å²) in [5, 5.41) is 5.55. The number of nitrogens with zero attached hydrogens (tertiary/aromatic N) is 3. The predicted octanol–water partition coefficient (Wildman–Crippen LogP) is 5.75. The number of fused-ring (bicyclic) bond motifs is 1. The fourth-order valence-electron chi connectivity index (χ4n) is 3.60. The topological polar surface area (TPSA) is 59.3 Å². The molecule has 0 fully saturated rings. The van der Waals surface area contributed by atoms with Crippen LogP contribution in [0.2, 0.25) is 0 Å². The number of imidazole rings is 1. The number of amides is 1. The van der Waals surface area contributed by atoms with Gasteiger partial charge in [-0.15, -0.1) is 11.3 Å². The minimum atomic E-state index is -0.312. The monoisotopic (exact) mass is 442 g/mol. The smallest absolute Gasteiger partial charge is 0.231 e. The summed E-state index contributed by atoms with van der Waals surface area (Å²) in [6, 6.07) is 20.0. The second-order valence-corrected chi connectivity index (χ2v) is 8.30. The van der Waals surface area contributed by atoms with Crippen LogP contribution >= 0.6 is 11.3 Å². The lowest BCUT2D eigenvalue weighted by atomic mass is 10.1. The van der Waals surface area contributed by atoms with Gasteiger partial charge in [-0.25, -0.2) is 14.4 Å². The summed E-state index contributed by atoms with van der Waals surface area (Å²) < 4.78 is 15.4. The molecule has 5 aromatic rings. The van der Waals surface area contributed by atoms with Crippen LogP contribution in [0.5, 0.6) is 0 Å². The molecule has 0 unspecified atom stereocenters. The van der Waals surface area contributed by atoms with Crippen molar-refractivity contribution >= 4 is 28.7 Å². The van der Waals surface area contributed by atoms with Gasteiger partial charge < -0.3 is 5.32 Å². The maximum absolute atomic E-state index is 13.5. The Morgan fingerprint density at radius 2 is 1.84 bits per heavy atom. The summed E-state index contributed by atoms with van der Waals surface area (Å²) in [7, 11) is 0. The van der Waals surface area contributed by atoms with Gasteiger partial charge in [-0.2, -0.15) is 0 Å². The Balaban J connectivity index is 1.44. The third kappa shape index (κ3) is 3.90. The lowest BCUT2D eigenvalue weighted by Crippen LogP contribution is -2.16. The first-order valence-electron chi connectivity index (χ1n) is 10.1. The standard InChI is InChI=1S/C25H19FN4OS/c1-16-7-6-12-30-23(16)29-22(17-8-3-2-4-9-17)24(30)28-21(31)14-20-15-32-25(27-20)18-10-5-11-19(26)13-18/h2-13,15H,14H2,1H3,(H,28,31). The number of aromatic nitrogens is 3. The zero-order chi connectivity index (χ0) is 22.1. The molecule has 7 heteroatoms. The zero-order valence-corrected chi connectivity index (χ0v) is 18.1. The van der Waals surface area contributed by atoms with E-state index in [0.717, 1.165) is 16.8 Å². The molecule has 0 saturated heterocycles. The van der Waals surface area contributed by atoms with Gasteiger partial charge in [0.2, 0.25) is 5.91 Å². The Labute approximate surface area is 188 Å². The van der Waals surface area contributed by atoms with Crippen molar-refractivity contribution in [3.8, 4) is 21.8 Å². The largest absolute Gasteiger partial charge is 0.310 e. The number of carbonyl (C=O) groups is 1. The Kier molecular flexibility index (Phi) is 5.25. The first kappa shape index (κ1) is 20.1. The maximum Gasteiger partial charge on any atom is 0.231 e. The van der Waals surface area contributed by atoms with E-state index in [1.807, 2.05) is 65.4 Å². The van der Waals surface area contributed by atoms with E-state index < -0.39 is 0 Å². The van der Waals surface area contributed by atoms with Crippen LogP contribution < -0.4 is 5.32 Å². The van der Waals surface area contributed by atoms with E-state index in [1.165, 1.54) is 23.5 Å². The van der Waals surface area contributed by atoms with Crippen LogP contribution in [0, 0.1) is 12.7 Å². The van der Waals surface area contributed by atoms with Crippen molar-refractivity contribution in [1.82, 2.24) is 14.4 Å². The summed E-state index contributed by atoms with van der Waals surface area (Å²) >= 11 is 1.39. The van der Waals surface area contributed by atoms with Gasteiger partial charge in [0.25, 0.3) is 0 Å². The molecule has 0 aliphatic carbocycles. The molecule has 0 spiro atoms. The van der Waals surface area contributed by atoms with Crippen molar-refractivity contribution in [3.05, 3.63) is 95.4 Å². The van der Waals surface area contributed by atoms with Crippen molar-refractivity contribution < 1.29 is 9.18 Å². The molecule has 0 aliphatic heterocycles. The molecule has 5 nitrogen and oxygen atoms in total. The minimum absolute atomic E-state index is 0.110. The molecule has 2 aromatic carbocycles. The van der Waals surface area contributed by atoms with E-state index in [2.05, 4.69) is 10.3 Å². The number of hydrogen-bond acceptors (Lipinski definition) is 4. The Morgan fingerprint density at radius 1 is 1.03 bits per heavy atom. The van der Waals surface area contributed by atoms with Crippen LogP contribution in [-0.2, 0) is 11.2 Å². The van der Waals surface area contributed by atoms with E-state index in [4.69, 9.17) is 4.98 Å². The van der Waals surface area contributed by atoms with Crippen molar-refractivity contribution in [2.75, 3.05) is 5.32 Å². The first-order valence-corrected chi connectivity index (χ1v) is 11.0. The van der Waals surface area contributed by atoms with Gasteiger partial charge in [-0.1, -0.05) is 48.5 Å². The second kappa shape index (κ2) is 8.36. The molecule has 5 rings (SSSR count). The van der Waals surface area contributed by atoms with E-state index in [9.17, 15) is 9.18 Å². The number of thiazole rings is 1. The molecule has 0 aliphatic rings. The van der Waals surface area contributed by atoms with Crippen LogP contribution in [0.1, 0.15) is 11.3 Å². The van der Waals surface area contributed by atoms with Gasteiger partial charge in [0.15, 0.2) is 0 Å². The first-order chi connectivity index (χ1) is 15.6. The highest BCUT2D eigenvalue weighted by atomic mass is 32.1. The van der Waals surface area contributed by atoms with Crippen molar-refractivity contribution in [2.45, 2.75) is 13.3 Å². The molecule has 3 heterocycles. The van der Waals surface area contributed by atoms with E-state index in [0.29, 0.717) is 27.8 Å². The predicted molar refractivity (Wildman–Crippen MR) is 125 cm³/mol. The molecule has 0 bridgehead atoms. The number of nitrogens with one attached hydrogen (secondary N) is 1. The molecule has 0 saturated carbocycles. The van der Waals surface area contributed by atoms with Crippen LogP contribution in [0.3, 0.4) is 0 Å². The molecule has 0 atom stereocenters. The third-order valence-electron chi connectivity index (χ3n) is 5.12. The molecule has 3 aromatic heterocycles. The average molecular weight is 443 g/mol. The number of anilines is 1. The van der Waals surface area contributed by atoms with Crippen molar-refractivity contribution in [2.24, 2.45) is 0 Å². The number of aryl methyl sites for hydroxylation is 1. The van der Waals surface area contributed by atoms with Crippen LogP contribution in [0.15, 0.2) is 78.3 Å². The number of carbonyl (C=O) groups excluding carboxylic acids is 1. The highest BCUT2D eigenvalue weighted by Gasteiger charge is 2.18. The maximum atomic E-state index is 13.5. The van der Waals surface area contributed by atoms with Crippen molar-refractivity contribution in [1.29, 1.82) is 0 Å². The van der Waals surface area contributed by atoms with Gasteiger partial charge in [0.05, 0.1) is 12.1 Å². The summed E-state index contributed by atoms with van der Waals surface area (Å²) in [4.78, 5) is 22.3. The zero-order valence-electron chi connectivity index (χ0n) is 17.2. The number of rotatable bonds is 5. The number of pyridine rings is 1. The Hall–Kier alpha value is -3.84. The Morgan fingerprint density at radius 3 is 2.66 bits per heavy atom. The second-order valence-electron chi connectivity index (χ2n) is 7.44. The highest BCUT2D eigenvalue weighted by molar-refractivity contribution is 7.13. The van der Waals surface area contributed by atoms with Gasteiger partial charge in [0.1, 0.15) is 28.0 Å². The molecule has 1 amide bonds. The van der Waals surface area contributed by atoms with E-state index in [-0.39, 0.29) is 18.1 Å². The van der Waals surface area contributed by atoms with Crippen LogP contribution in [0.25, 0.3) is 27.5 Å². The number of halogens is 1. The normalized spacial score (nSPS) is 11.1. The lowest BCUT2D eigenvalue weighted by molar-refractivity contribution is -0.115. The lowest BCUT2D eigenvalue weighted by Gasteiger charge is -2.07. The molecular weight excluding hydrogens is 423 g/mol. The van der Waals surface area contributed by atoms with E-state index >= 15 is 0 Å². The van der Waals surface area contributed by atoms with Gasteiger partial charge in [-0.05, 0) is 30.7 Å². The van der Waals surface area contributed by atoms with Crippen molar-refractivity contribution in [3.63, 3.8) is 0 Å². The summed E-state index contributed by atoms with van der Waals surface area (Å²) in [6.07, 6.45) is 2.00. The van der Waals surface area contributed by atoms with Gasteiger partial charge in [-0.3, -0.25) is 9.20 Å². The molecule has 158 valence electrons. The minimum Gasteiger partial charge on any atom is -0.310 e. The Bertz CT molecular complexity index is 1420. The fourth-order valence-corrected chi connectivity index (χ4v) is 4.42. The molecule has 0 radical (unpaired) electrons. The van der Waals surface area contributed by atoms with E-state index in [1.54, 1.807) is 12.1 Å². The molecule has 1 N–H and O–H groups in total. The average Bonchev–Trinajstić information content (AvgIpc) is 3.40. The molecular formula is C25H19FN4OS. The summed E-state index contributed by atoms with van der Waals surface area (Å²) in [6.45, 7) is 1.99. The van der Waals surface area contributed by atoms with Gasteiger partial charge >= 0.3 is 0 Å². The van der Waals surface area contributed by atoms with Crippen LogP contribution in [0.4, 0.5) is 10.2 Å². The summed E-state index contributed by atoms with van der Waals surface area (Å²) in [5.74, 6) is 0.121. The number of benzene rings is 2. The number of hydrogen-bond donors (Lipinski definition) is 1. The van der Waals surface area contributed by atoms with Crippen LogP contribution in [-0.4, -0.2) is 20.3 Å². The molecule has 32 heavy (non-hydrogen) atoms. The SMILES string of the molecule is Cc1cccn2c(NC(=O)Cc3csc(-c4cccc(F)c4)n3)c(-c3ccccc3)nc12.